The molecule has 0 saturated carbocycles. The van der Waals surface area contributed by atoms with Crippen LogP contribution in [0.1, 0.15) is 41.5 Å². The van der Waals surface area contributed by atoms with Crippen LogP contribution in [0, 0.1) is 13.8 Å². The Labute approximate surface area is 148 Å². The Hall–Kier alpha value is -2.47. The molecule has 1 aliphatic rings. The number of hydrogen-bond donors (Lipinski definition) is 0. The molecule has 2 aromatic heterocycles. The molecule has 4 rings (SSSR count). The van der Waals surface area contributed by atoms with E-state index in [0.29, 0.717) is 6.04 Å². The largest absolute Gasteiger partial charge is 0.290 e. The molecule has 25 heavy (non-hydrogen) atoms. The van der Waals surface area contributed by atoms with E-state index in [2.05, 4.69) is 34.2 Å². The fourth-order valence-corrected chi connectivity index (χ4v) is 3.90. The second-order valence-corrected chi connectivity index (χ2v) is 6.83. The van der Waals surface area contributed by atoms with E-state index in [-0.39, 0.29) is 0 Å². The zero-order valence-electron chi connectivity index (χ0n) is 15.1. The van der Waals surface area contributed by atoms with Crippen LogP contribution in [-0.4, -0.2) is 36.2 Å². The van der Waals surface area contributed by atoms with Crippen LogP contribution in [0.3, 0.4) is 0 Å². The van der Waals surface area contributed by atoms with E-state index in [1.54, 1.807) is 0 Å². The number of aromatic nitrogens is 5. The number of hydrogen-bond acceptors (Lipinski definition) is 4. The number of aryl methyl sites for hydroxylation is 2. The molecule has 0 unspecified atom stereocenters. The fourth-order valence-electron chi connectivity index (χ4n) is 3.90. The molecule has 0 spiro atoms. The molecule has 6 nitrogen and oxygen atoms in total. The number of para-hydroxylation sites is 1. The van der Waals surface area contributed by atoms with Gasteiger partial charge in [0, 0.05) is 30.9 Å². The van der Waals surface area contributed by atoms with Gasteiger partial charge in [0.15, 0.2) is 0 Å². The smallest absolute Gasteiger partial charge is 0.0972 e. The van der Waals surface area contributed by atoms with Crippen LogP contribution in [-0.2, 0) is 13.6 Å². The summed E-state index contributed by atoms with van der Waals surface area (Å²) in [5.74, 6) is 0. The molecule has 130 valence electrons. The molecule has 0 aliphatic carbocycles. The molecule has 0 N–H and O–H groups in total. The van der Waals surface area contributed by atoms with Crippen molar-refractivity contribution in [2.45, 2.75) is 39.3 Å². The highest BCUT2D eigenvalue weighted by molar-refractivity contribution is 5.31. The summed E-state index contributed by atoms with van der Waals surface area (Å²) in [6.45, 7) is 6.20. The normalized spacial score (nSPS) is 18.1. The van der Waals surface area contributed by atoms with Crippen LogP contribution >= 0.6 is 0 Å². The fraction of sp³-hybridized carbons (Fsp3) is 0.421. The van der Waals surface area contributed by atoms with E-state index in [0.717, 1.165) is 30.2 Å². The molecule has 1 aromatic carbocycles. The molecule has 1 aliphatic heterocycles. The molecule has 0 bridgehead atoms. The number of nitrogens with zero attached hydrogens (tertiary/aromatic N) is 6. The summed E-state index contributed by atoms with van der Waals surface area (Å²) in [7, 11) is 2.02. The lowest BCUT2D eigenvalue weighted by Gasteiger charge is -2.24. The highest BCUT2D eigenvalue weighted by Crippen LogP contribution is 2.36. The van der Waals surface area contributed by atoms with Crippen molar-refractivity contribution in [3.63, 3.8) is 0 Å². The molecule has 6 heteroatoms. The Morgan fingerprint density at radius 2 is 1.96 bits per heavy atom. The molecule has 0 radical (unpaired) electrons. The standard InChI is InChI=1S/C19H24N6/c1-14-19(15(2)23(3)21-14)18-10-7-11-24(18)12-16-13-25(22-20-16)17-8-5-4-6-9-17/h4-6,8-9,13,18H,7,10-12H2,1-3H3/t18-/m1/s1. The lowest BCUT2D eigenvalue weighted by molar-refractivity contribution is 0.244. The topological polar surface area (TPSA) is 51.8 Å². The number of rotatable bonds is 4. The van der Waals surface area contributed by atoms with E-state index in [9.17, 15) is 0 Å². The van der Waals surface area contributed by atoms with Crippen LogP contribution in [0.4, 0.5) is 0 Å². The summed E-state index contributed by atoms with van der Waals surface area (Å²) in [5.41, 5.74) is 5.84. The lowest BCUT2D eigenvalue weighted by Crippen LogP contribution is -2.23. The summed E-state index contributed by atoms with van der Waals surface area (Å²) >= 11 is 0. The number of benzene rings is 1. The Kier molecular flexibility index (Phi) is 4.13. The van der Waals surface area contributed by atoms with Crippen molar-refractivity contribution in [3.05, 3.63) is 59.2 Å². The van der Waals surface area contributed by atoms with E-state index in [4.69, 9.17) is 0 Å². The molecule has 1 fully saturated rings. The molecule has 3 heterocycles. The van der Waals surface area contributed by atoms with Gasteiger partial charge in [-0.15, -0.1) is 5.10 Å². The van der Waals surface area contributed by atoms with Gasteiger partial charge in [-0.05, 0) is 45.4 Å². The minimum atomic E-state index is 0.426. The maximum atomic E-state index is 4.60. The van der Waals surface area contributed by atoms with Gasteiger partial charge in [-0.2, -0.15) is 5.10 Å². The van der Waals surface area contributed by atoms with Crippen molar-refractivity contribution < 1.29 is 0 Å². The van der Waals surface area contributed by atoms with Gasteiger partial charge < -0.3 is 0 Å². The molecule has 1 saturated heterocycles. The number of likely N-dealkylation sites (tertiary alicyclic amines) is 1. The van der Waals surface area contributed by atoms with Crippen LogP contribution in [0.5, 0.6) is 0 Å². The van der Waals surface area contributed by atoms with Gasteiger partial charge in [0.05, 0.1) is 23.3 Å². The molecule has 1 atom stereocenters. The van der Waals surface area contributed by atoms with Gasteiger partial charge >= 0.3 is 0 Å². The average molecular weight is 336 g/mol. The Morgan fingerprint density at radius 1 is 1.16 bits per heavy atom. The predicted octanol–water partition coefficient (Wildman–Crippen LogP) is 2.95. The highest BCUT2D eigenvalue weighted by Gasteiger charge is 2.30. The van der Waals surface area contributed by atoms with E-state index < -0.39 is 0 Å². The minimum Gasteiger partial charge on any atom is -0.290 e. The van der Waals surface area contributed by atoms with E-state index in [1.807, 2.05) is 52.9 Å². The van der Waals surface area contributed by atoms with Crippen molar-refractivity contribution >= 4 is 0 Å². The van der Waals surface area contributed by atoms with Gasteiger partial charge in [0.1, 0.15) is 0 Å². The second-order valence-electron chi connectivity index (χ2n) is 6.83. The average Bonchev–Trinajstić information content (AvgIpc) is 3.31. The zero-order chi connectivity index (χ0) is 17.4. The summed E-state index contributed by atoms with van der Waals surface area (Å²) in [6, 6.07) is 10.5. The van der Waals surface area contributed by atoms with Crippen LogP contribution in [0.25, 0.3) is 5.69 Å². The molecular formula is C19H24N6. The first-order valence-corrected chi connectivity index (χ1v) is 8.84. The Balaban J connectivity index is 1.55. The van der Waals surface area contributed by atoms with Crippen LogP contribution in [0.15, 0.2) is 36.5 Å². The highest BCUT2D eigenvalue weighted by atomic mass is 15.4. The van der Waals surface area contributed by atoms with E-state index >= 15 is 0 Å². The van der Waals surface area contributed by atoms with Crippen molar-refractivity contribution in [1.29, 1.82) is 0 Å². The summed E-state index contributed by atoms with van der Waals surface area (Å²) in [5, 5.41) is 13.3. The molecular weight excluding hydrogens is 312 g/mol. The van der Waals surface area contributed by atoms with Crippen molar-refractivity contribution in [1.82, 2.24) is 29.7 Å². The van der Waals surface area contributed by atoms with Gasteiger partial charge in [-0.25, -0.2) is 4.68 Å². The molecule has 0 amide bonds. The van der Waals surface area contributed by atoms with Gasteiger partial charge in [0.25, 0.3) is 0 Å². The van der Waals surface area contributed by atoms with Gasteiger partial charge in [-0.3, -0.25) is 9.58 Å². The minimum absolute atomic E-state index is 0.426. The summed E-state index contributed by atoms with van der Waals surface area (Å²) in [4.78, 5) is 2.51. The monoisotopic (exact) mass is 336 g/mol. The van der Waals surface area contributed by atoms with Crippen molar-refractivity contribution in [3.8, 4) is 5.69 Å². The van der Waals surface area contributed by atoms with E-state index in [1.165, 1.54) is 24.1 Å². The van der Waals surface area contributed by atoms with Crippen LogP contribution < -0.4 is 0 Å². The third-order valence-electron chi connectivity index (χ3n) is 5.19. The quantitative estimate of drug-likeness (QED) is 0.735. The SMILES string of the molecule is Cc1nn(C)c(C)c1[C@H]1CCCN1Cc1cn(-c2ccccc2)nn1. The molecule has 3 aromatic rings. The third kappa shape index (κ3) is 2.98. The zero-order valence-corrected chi connectivity index (χ0v) is 15.1. The Morgan fingerprint density at radius 3 is 2.68 bits per heavy atom. The summed E-state index contributed by atoms with van der Waals surface area (Å²) in [6.07, 6.45) is 4.43. The first kappa shape index (κ1) is 16.0. The predicted molar refractivity (Wildman–Crippen MR) is 96.4 cm³/mol. The first-order chi connectivity index (χ1) is 12.1. The maximum absolute atomic E-state index is 4.60. The van der Waals surface area contributed by atoms with Crippen molar-refractivity contribution in [2.24, 2.45) is 7.05 Å². The third-order valence-corrected chi connectivity index (χ3v) is 5.19. The second kappa shape index (κ2) is 6.44. The van der Waals surface area contributed by atoms with Crippen LogP contribution in [0.2, 0.25) is 0 Å². The van der Waals surface area contributed by atoms with Crippen molar-refractivity contribution in [2.75, 3.05) is 6.54 Å². The Bertz CT molecular complexity index is 863. The summed E-state index contributed by atoms with van der Waals surface area (Å²) < 4.78 is 3.84. The van der Waals surface area contributed by atoms with Gasteiger partial charge in [-0.1, -0.05) is 23.4 Å². The first-order valence-electron chi connectivity index (χ1n) is 8.84. The van der Waals surface area contributed by atoms with Gasteiger partial charge in [0.2, 0.25) is 0 Å². The lowest BCUT2D eigenvalue weighted by atomic mass is 10.0. The maximum Gasteiger partial charge on any atom is 0.0972 e.